The van der Waals surface area contributed by atoms with Crippen molar-refractivity contribution in [2.24, 2.45) is 0 Å². The molecule has 0 bridgehead atoms. The van der Waals surface area contributed by atoms with Crippen molar-refractivity contribution in [3.8, 4) is 0 Å². The standard InChI is InChI=1S/C21H23FN2O3S/c22-17-3-1-16(2-4-17)20(26)23-10-5-18(25)24-11-8-21(9-12-24)19-15(6-13-27-21)7-14-28-19/h1-4,7,14H,5-6,8-13H2,(H,23,26). The lowest BCUT2D eigenvalue weighted by molar-refractivity contribution is -0.140. The summed E-state index contributed by atoms with van der Waals surface area (Å²) in [6, 6.07) is 7.54. The number of thiophene rings is 1. The van der Waals surface area contributed by atoms with E-state index in [1.807, 2.05) is 4.90 Å². The Kier molecular flexibility index (Phi) is 5.46. The molecule has 2 aromatic rings. The Bertz CT molecular complexity index is 857. The summed E-state index contributed by atoms with van der Waals surface area (Å²) < 4.78 is 19.1. The maximum absolute atomic E-state index is 12.9. The summed E-state index contributed by atoms with van der Waals surface area (Å²) >= 11 is 1.76. The zero-order valence-electron chi connectivity index (χ0n) is 15.6. The molecular weight excluding hydrogens is 379 g/mol. The van der Waals surface area contributed by atoms with Gasteiger partial charge < -0.3 is 15.0 Å². The summed E-state index contributed by atoms with van der Waals surface area (Å²) in [6.07, 6.45) is 2.85. The first-order valence-corrected chi connectivity index (χ1v) is 10.5. The highest BCUT2D eigenvalue weighted by Gasteiger charge is 2.42. The lowest BCUT2D eigenvalue weighted by Crippen LogP contribution is -2.48. The van der Waals surface area contributed by atoms with Crippen molar-refractivity contribution < 1.29 is 18.7 Å². The Balaban J connectivity index is 1.26. The molecular formula is C21H23FN2O3S. The predicted octanol–water partition coefficient (Wildman–Crippen LogP) is 3.10. The number of rotatable bonds is 4. The van der Waals surface area contributed by atoms with E-state index in [2.05, 4.69) is 16.8 Å². The van der Waals surface area contributed by atoms with Crippen LogP contribution in [0.5, 0.6) is 0 Å². The second-order valence-corrected chi connectivity index (χ2v) is 8.18. The van der Waals surface area contributed by atoms with Crippen LogP contribution in [0.1, 0.15) is 40.1 Å². The van der Waals surface area contributed by atoms with Gasteiger partial charge in [0.05, 0.1) is 6.61 Å². The maximum atomic E-state index is 12.9. The minimum atomic E-state index is -0.383. The molecule has 148 valence electrons. The highest BCUT2D eigenvalue weighted by atomic mass is 32.1. The van der Waals surface area contributed by atoms with Gasteiger partial charge in [-0.1, -0.05) is 0 Å². The number of nitrogens with one attached hydrogen (secondary N) is 1. The lowest BCUT2D eigenvalue weighted by Gasteiger charge is -2.43. The van der Waals surface area contributed by atoms with E-state index in [4.69, 9.17) is 4.74 Å². The second kappa shape index (κ2) is 8.01. The second-order valence-electron chi connectivity index (χ2n) is 7.26. The van der Waals surface area contributed by atoms with Crippen molar-refractivity contribution in [2.75, 3.05) is 26.2 Å². The van der Waals surface area contributed by atoms with Gasteiger partial charge in [0.1, 0.15) is 11.4 Å². The van der Waals surface area contributed by atoms with E-state index in [0.717, 1.165) is 25.9 Å². The molecule has 2 amide bonds. The SMILES string of the molecule is O=C(NCCC(=O)N1CCC2(CC1)OCCc1ccsc12)c1ccc(F)cc1. The van der Waals surface area contributed by atoms with Gasteiger partial charge in [-0.2, -0.15) is 0 Å². The van der Waals surface area contributed by atoms with Crippen LogP contribution in [0.15, 0.2) is 35.7 Å². The molecule has 28 heavy (non-hydrogen) atoms. The predicted molar refractivity (Wildman–Crippen MR) is 105 cm³/mol. The Morgan fingerprint density at radius 2 is 1.93 bits per heavy atom. The summed E-state index contributed by atoms with van der Waals surface area (Å²) in [4.78, 5) is 27.7. The number of halogens is 1. The first-order chi connectivity index (χ1) is 13.6. The number of fused-ring (bicyclic) bond motifs is 2. The number of nitrogens with zero attached hydrogens (tertiary/aromatic N) is 1. The molecule has 1 spiro atoms. The normalized spacial score (nSPS) is 18.0. The third-order valence-electron chi connectivity index (χ3n) is 5.56. The maximum Gasteiger partial charge on any atom is 0.251 e. The lowest BCUT2D eigenvalue weighted by atomic mass is 9.85. The Morgan fingerprint density at radius 3 is 2.68 bits per heavy atom. The van der Waals surface area contributed by atoms with Gasteiger partial charge in [0.15, 0.2) is 0 Å². The number of benzene rings is 1. The van der Waals surface area contributed by atoms with E-state index in [9.17, 15) is 14.0 Å². The molecule has 7 heteroatoms. The van der Waals surface area contributed by atoms with Crippen molar-refractivity contribution in [1.82, 2.24) is 10.2 Å². The number of carbonyl (C=O) groups excluding carboxylic acids is 2. The van der Waals surface area contributed by atoms with Gasteiger partial charge in [-0.15, -0.1) is 11.3 Å². The Hall–Kier alpha value is -2.25. The molecule has 1 N–H and O–H groups in total. The summed E-state index contributed by atoms with van der Waals surface area (Å²) in [5.41, 5.74) is 1.55. The van der Waals surface area contributed by atoms with Crippen LogP contribution in [0.3, 0.4) is 0 Å². The van der Waals surface area contributed by atoms with E-state index >= 15 is 0 Å². The van der Waals surface area contributed by atoms with Crippen LogP contribution in [-0.4, -0.2) is 43.0 Å². The largest absolute Gasteiger partial charge is 0.369 e. The van der Waals surface area contributed by atoms with Crippen molar-refractivity contribution in [2.45, 2.75) is 31.3 Å². The number of carbonyl (C=O) groups is 2. The van der Waals surface area contributed by atoms with E-state index in [1.54, 1.807) is 11.3 Å². The molecule has 1 saturated heterocycles. The molecule has 1 aromatic heterocycles. The first kappa shape index (κ1) is 19.1. The van der Waals surface area contributed by atoms with Crippen LogP contribution in [0, 0.1) is 5.82 Å². The monoisotopic (exact) mass is 402 g/mol. The fourth-order valence-electron chi connectivity index (χ4n) is 3.99. The van der Waals surface area contributed by atoms with Crippen LogP contribution in [0.4, 0.5) is 4.39 Å². The van der Waals surface area contributed by atoms with E-state index in [1.165, 1.54) is 34.7 Å². The molecule has 0 saturated carbocycles. The summed E-state index contributed by atoms with van der Waals surface area (Å²) in [5, 5.41) is 4.85. The molecule has 0 atom stereocenters. The molecule has 2 aliphatic heterocycles. The molecule has 5 nitrogen and oxygen atoms in total. The number of ether oxygens (including phenoxy) is 1. The average molecular weight is 402 g/mol. The average Bonchev–Trinajstić information content (AvgIpc) is 3.19. The fourth-order valence-corrected chi connectivity index (χ4v) is 5.16. The van der Waals surface area contributed by atoms with E-state index in [0.29, 0.717) is 18.7 Å². The van der Waals surface area contributed by atoms with Crippen molar-refractivity contribution in [3.05, 3.63) is 57.5 Å². The molecule has 0 unspecified atom stereocenters. The van der Waals surface area contributed by atoms with Gasteiger partial charge in [0.2, 0.25) is 5.91 Å². The number of hydrogen-bond acceptors (Lipinski definition) is 4. The molecule has 4 rings (SSSR count). The van der Waals surface area contributed by atoms with Crippen LogP contribution in [0.2, 0.25) is 0 Å². The number of amides is 2. The van der Waals surface area contributed by atoms with Gasteiger partial charge in [0, 0.05) is 36.5 Å². The third kappa shape index (κ3) is 3.82. The van der Waals surface area contributed by atoms with Gasteiger partial charge >= 0.3 is 0 Å². The molecule has 0 radical (unpaired) electrons. The zero-order chi connectivity index (χ0) is 19.6. The Morgan fingerprint density at radius 1 is 1.18 bits per heavy atom. The minimum absolute atomic E-state index is 0.0384. The molecule has 3 heterocycles. The van der Waals surface area contributed by atoms with Gasteiger partial charge in [-0.3, -0.25) is 9.59 Å². The summed E-state index contributed by atoms with van der Waals surface area (Å²) in [7, 11) is 0. The van der Waals surface area contributed by atoms with Crippen LogP contribution in [-0.2, 0) is 21.6 Å². The van der Waals surface area contributed by atoms with Crippen LogP contribution < -0.4 is 5.32 Å². The first-order valence-electron chi connectivity index (χ1n) is 9.60. The van der Waals surface area contributed by atoms with E-state index < -0.39 is 0 Å². The number of likely N-dealkylation sites (tertiary alicyclic amines) is 1. The van der Waals surface area contributed by atoms with Crippen LogP contribution in [0.25, 0.3) is 0 Å². The van der Waals surface area contributed by atoms with Gasteiger partial charge in [0.25, 0.3) is 5.91 Å². The van der Waals surface area contributed by atoms with Crippen molar-refractivity contribution >= 4 is 23.2 Å². The quantitative estimate of drug-likeness (QED) is 0.855. The molecule has 2 aliphatic rings. The Labute approximate surface area is 167 Å². The van der Waals surface area contributed by atoms with E-state index in [-0.39, 0.29) is 36.2 Å². The molecule has 1 fully saturated rings. The smallest absolute Gasteiger partial charge is 0.251 e. The van der Waals surface area contributed by atoms with Crippen molar-refractivity contribution in [1.29, 1.82) is 0 Å². The number of piperidine rings is 1. The topological polar surface area (TPSA) is 58.6 Å². The molecule has 0 aliphatic carbocycles. The highest BCUT2D eigenvalue weighted by molar-refractivity contribution is 7.10. The fraction of sp³-hybridized carbons (Fsp3) is 0.429. The van der Waals surface area contributed by atoms with Gasteiger partial charge in [-0.25, -0.2) is 4.39 Å². The molecule has 1 aromatic carbocycles. The zero-order valence-corrected chi connectivity index (χ0v) is 16.4. The van der Waals surface area contributed by atoms with Crippen molar-refractivity contribution in [3.63, 3.8) is 0 Å². The van der Waals surface area contributed by atoms with Gasteiger partial charge in [-0.05, 0) is 60.5 Å². The van der Waals surface area contributed by atoms with Crippen LogP contribution >= 0.6 is 11.3 Å². The highest BCUT2D eigenvalue weighted by Crippen LogP contribution is 2.44. The third-order valence-corrected chi connectivity index (χ3v) is 6.71. The summed E-state index contributed by atoms with van der Waals surface area (Å²) in [5.74, 6) is -0.645. The number of hydrogen-bond donors (Lipinski definition) is 1. The summed E-state index contributed by atoms with van der Waals surface area (Å²) in [6.45, 7) is 2.35. The minimum Gasteiger partial charge on any atom is -0.369 e.